The maximum atomic E-state index is 9.39. The second-order valence-electron chi connectivity index (χ2n) is 16.0. The summed E-state index contributed by atoms with van der Waals surface area (Å²) in [4.78, 5) is 28.4. The third kappa shape index (κ3) is 7.07. The lowest BCUT2D eigenvalue weighted by Gasteiger charge is -2.18. The van der Waals surface area contributed by atoms with Gasteiger partial charge in [-0.15, -0.1) is 0 Å². The van der Waals surface area contributed by atoms with Gasteiger partial charge in [0.15, 0.2) is 34.9 Å². The van der Waals surface area contributed by atoms with E-state index in [9.17, 15) is 6.85 Å². The summed E-state index contributed by atoms with van der Waals surface area (Å²) >= 11 is 0. The maximum absolute atomic E-state index is 9.39. The third-order valence-electron chi connectivity index (χ3n) is 11.8. The van der Waals surface area contributed by atoms with Gasteiger partial charge < -0.3 is 9.13 Å². The molecule has 7 aromatic carbocycles. The Morgan fingerprint density at radius 3 is 1.97 bits per heavy atom. The van der Waals surface area contributed by atoms with Gasteiger partial charge in [-0.05, 0) is 79.2 Å². The molecule has 0 saturated carbocycles. The molecule has 2 aliphatic rings. The Hall–Kier alpha value is -8.88. The van der Waals surface area contributed by atoms with Crippen LogP contribution in [0.1, 0.15) is 65.2 Å². The number of hydrogen-bond acceptors (Lipinski definition) is 6. The normalized spacial score (nSPS) is 24.0. The van der Waals surface area contributed by atoms with E-state index < -0.39 is 167 Å². The van der Waals surface area contributed by atoms with Gasteiger partial charge >= 0.3 is 0 Å². The lowest BCUT2D eigenvalue weighted by molar-refractivity contribution is 0.738. The standard InChI is InChI=1S/C61H44N8/c1-39-19-18-26-43(37-39)59-65-58(42-24-10-4-11-25-42)66-61(67-59)49-38-44(60-63-56(40-20-6-2-7-21-40)62-57(64-60)41-22-8-3-9-23-41)33-35-52(49)69-50-31-16-14-29-46(50)47-34-36-53-54(55(47)69)48-30-15-17-32-51(48)68(53)45-27-12-5-13-28-45/h2-8,10-18,20-22,24-39H,9,19,23H2,1H3/i2D,3D,4D,6D,7D,8D,9D,10D,11D,18D,19D,20D,21D,22D,23D,24D,25D,26D,37D,39D. The molecule has 0 aliphatic heterocycles. The molecule has 0 N–H and O–H groups in total. The van der Waals surface area contributed by atoms with E-state index in [4.69, 9.17) is 40.5 Å². The summed E-state index contributed by atoms with van der Waals surface area (Å²) in [6.07, 6.45) is -5.16. The van der Waals surface area contributed by atoms with Crippen LogP contribution in [0.3, 0.4) is 0 Å². The molecular weight excluding hydrogens is 845 g/mol. The quantitative estimate of drug-likeness (QED) is 0.151. The minimum atomic E-state index is -2.17. The van der Waals surface area contributed by atoms with Crippen molar-refractivity contribution >= 4 is 54.8 Å². The van der Waals surface area contributed by atoms with E-state index in [1.807, 2.05) is 95.6 Å². The first kappa shape index (κ1) is 24.8. The smallest absolute Gasteiger partial charge is 0.166 e. The van der Waals surface area contributed by atoms with Gasteiger partial charge in [0.2, 0.25) is 0 Å². The van der Waals surface area contributed by atoms with Gasteiger partial charge in [0, 0.05) is 60.5 Å². The molecule has 0 bridgehead atoms. The number of nitrogens with zero attached hydrogens (tertiary/aromatic N) is 8. The van der Waals surface area contributed by atoms with Gasteiger partial charge in [-0.25, -0.2) is 29.9 Å². The minimum absolute atomic E-state index is 0.00645. The van der Waals surface area contributed by atoms with Crippen LogP contribution in [0.5, 0.6) is 0 Å². The van der Waals surface area contributed by atoms with Crippen molar-refractivity contribution in [3.63, 3.8) is 0 Å². The van der Waals surface area contributed by atoms with Crippen molar-refractivity contribution in [1.29, 1.82) is 0 Å². The van der Waals surface area contributed by atoms with E-state index in [-0.39, 0.29) is 28.5 Å². The van der Waals surface area contributed by atoms with Crippen molar-refractivity contribution < 1.29 is 27.4 Å². The monoisotopic (exact) mass is 908 g/mol. The molecular formula is C61H44N8. The molecule has 0 spiro atoms. The van der Waals surface area contributed by atoms with E-state index in [0.717, 1.165) is 38.3 Å². The first-order valence-corrected chi connectivity index (χ1v) is 21.7. The number of benzene rings is 7. The predicted molar refractivity (Wildman–Crippen MR) is 281 cm³/mol. The fraction of sp³-hybridized carbons (Fsp3) is 0.0820. The minimum Gasteiger partial charge on any atom is -0.309 e. The second-order valence-corrected chi connectivity index (χ2v) is 16.0. The zero-order chi connectivity index (χ0) is 63.3. The highest BCUT2D eigenvalue weighted by Gasteiger charge is 2.25. The molecule has 4 aromatic heterocycles. The Bertz CT molecular complexity index is 5030. The highest BCUT2D eigenvalue weighted by Crippen LogP contribution is 2.44. The molecule has 13 rings (SSSR count). The van der Waals surface area contributed by atoms with E-state index in [0.29, 0.717) is 11.0 Å². The van der Waals surface area contributed by atoms with Crippen LogP contribution in [0, 0.1) is 5.89 Å². The van der Waals surface area contributed by atoms with Crippen LogP contribution in [-0.2, 0) is 0 Å². The van der Waals surface area contributed by atoms with Gasteiger partial charge in [0.05, 0.1) is 49.7 Å². The molecule has 0 saturated heterocycles. The number of fused-ring (bicyclic) bond motifs is 7. The fourth-order valence-electron chi connectivity index (χ4n) is 8.88. The van der Waals surface area contributed by atoms with Crippen molar-refractivity contribution in [2.24, 2.45) is 5.89 Å². The van der Waals surface area contributed by atoms with E-state index in [2.05, 4.69) is 14.5 Å². The van der Waals surface area contributed by atoms with Crippen molar-refractivity contribution in [3.05, 3.63) is 218 Å². The van der Waals surface area contributed by atoms with Gasteiger partial charge in [0.25, 0.3) is 0 Å². The van der Waals surface area contributed by atoms with Crippen molar-refractivity contribution in [1.82, 2.24) is 39.0 Å². The first-order valence-electron chi connectivity index (χ1n) is 32.0. The molecule has 69 heavy (non-hydrogen) atoms. The summed E-state index contributed by atoms with van der Waals surface area (Å²) < 4.78 is 181. The highest BCUT2D eigenvalue weighted by atomic mass is 15.1. The van der Waals surface area contributed by atoms with Crippen LogP contribution < -0.4 is 0 Å². The van der Waals surface area contributed by atoms with Crippen molar-refractivity contribution in [2.75, 3.05) is 0 Å². The van der Waals surface area contributed by atoms with Gasteiger partial charge in [-0.3, -0.25) is 0 Å². The Morgan fingerprint density at radius 2 is 1.20 bits per heavy atom. The van der Waals surface area contributed by atoms with Crippen LogP contribution >= 0.6 is 0 Å². The van der Waals surface area contributed by atoms with E-state index in [1.54, 1.807) is 12.1 Å². The van der Waals surface area contributed by atoms with Gasteiger partial charge in [-0.1, -0.05) is 164 Å². The average molecular weight is 909 g/mol. The largest absolute Gasteiger partial charge is 0.309 e. The molecule has 8 nitrogen and oxygen atoms in total. The number of hydrogen-bond donors (Lipinski definition) is 0. The number of aromatic nitrogens is 8. The summed E-state index contributed by atoms with van der Waals surface area (Å²) in [6, 6.07) is 22.4. The number of rotatable bonds is 8. The lowest BCUT2D eigenvalue weighted by Crippen LogP contribution is -2.07. The van der Waals surface area contributed by atoms with Crippen LogP contribution in [0.25, 0.3) is 112 Å². The molecule has 8 heteroatoms. The van der Waals surface area contributed by atoms with Crippen LogP contribution in [-0.4, -0.2) is 39.0 Å². The zero-order valence-corrected chi connectivity index (χ0v) is 36.2. The summed E-state index contributed by atoms with van der Waals surface area (Å²) in [7, 11) is 0. The van der Waals surface area contributed by atoms with Crippen molar-refractivity contribution in [3.8, 4) is 56.9 Å². The zero-order valence-electron chi connectivity index (χ0n) is 56.2. The molecule has 328 valence electrons. The number of allylic oxidation sites excluding steroid dienone is 8. The Morgan fingerprint density at radius 1 is 0.565 bits per heavy atom. The molecule has 4 unspecified atom stereocenters. The molecule has 11 aromatic rings. The molecule has 4 heterocycles. The highest BCUT2D eigenvalue weighted by molar-refractivity contribution is 6.26. The van der Waals surface area contributed by atoms with E-state index >= 15 is 0 Å². The Kier molecular flexibility index (Phi) is 6.02. The van der Waals surface area contributed by atoms with Crippen molar-refractivity contribution in [2.45, 2.75) is 26.1 Å². The van der Waals surface area contributed by atoms with Gasteiger partial charge in [0.1, 0.15) is 0 Å². The van der Waals surface area contributed by atoms with Crippen LogP contribution in [0.4, 0.5) is 0 Å². The molecule has 4 atom stereocenters. The average Bonchev–Trinajstić information content (AvgIpc) is 1.81. The van der Waals surface area contributed by atoms with E-state index in [1.165, 1.54) is 13.0 Å². The summed E-state index contributed by atoms with van der Waals surface area (Å²) in [6.45, 7) is 1.22. The maximum Gasteiger partial charge on any atom is 0.166 e. The lowest BCUT2D eigenvalue weighted by atomic mass is 9.97. The number of para-hydroxylation sites is 3. The molecule has 0 fully saturated rings. The molecule has 0 amide bonds. The van der Waals surface area contributed by atoms with Crippen LogP contribution in [0.2, 0.25) is 0 Å². The topological polar surface area (TPSA) is 87.2 Å². The predicted octanol–water partition coefficient (Wildman–Crippen LogP) is 14.6. The third-order valence-corrected chi connectivity index (χ3v) is 11.8. The second kappa shape index (κ2) is 16.8. The molecule has 2 aliphatic carbocycles. The summed E-state index contributed by atoms with van der Waals surface area (Å²) in [5.74, 6) is -5.04. The summed E-state index contributed by atoms with van der Waals surface area (Å²) in [5.41, 5.74) is 2.14. The first-order chi connectivity index (χ1) is 42.3. The van der Waals surface area contributed by atoms with Crippen LogP contribution in [0.15, 0.2) is 206 Å². The fourth-order valence-corrected chi connectivity index (χ4v) is 8.88. The Balaban J connectivity index is 1.21. The van der Waals surface area contributed by atoms with Gasteiger partial charge in [-0.2, -0.15) is 0 Å². The SMILES string of the molecule is [2H]C1=C([2H])C([2H])C([2H])C(c2nc(-c3ccc(-n4c5ccccc5c5ccc6c(c7ccccc7n6-c6ccccc6)c54)c(-c4nc(C5=C([2H])C([2H])(C)C([2H])C([2H])=C5[2H])nc(-c5c([2H])c([2H])c([2H])c([2H])c5[2H])n4)c3)nc(-c3c([2H])c([2H])c([2H])c([2H])c3[2H])n2)=C1[2H]. The summed E-state index contributed by atoms with van der Waals surface area (Å²) in [5, 5.41) is 3.19. The molecule has 0 radical (unpaired) electrons. The Labute approximate surface area is 427 Å².